The van der Waals surface area contributed by atoms with E-state index in [1.807, 2.05) is 6.92 Å². The molecule has 6 heteroatoms. The summed E-state index contributed by atoms with van der Waals surface area (Å²) in [6, 6.07) is -0.0976. The number of ether oxygens (including phenoxy) is 3. The molecule has 22 heavy (non-hydrogen) atoms. The number of rotatable bonds is 5. The van der Waals surface area contributed by atoms with Crippen molar-refractivity contribution < 1.29 is 24.1 Å². The summed E-state index contributed by atoms with van der Waals surface area (Å²) in [5.74, 6) is -0.477. The molecule has 1 amide bonds. The van der Waals surface area contributed by atoms with Crippen LogP contribution in [0.2, 0.25) is 0 Å². The van der Waals surface area contributed by atoms with Gasteiger partial charge < -0.3 is 24.2 Å². The molecule has 2 aliphatic rings. The molecule has 0 radical (unpaired) electrons. The molecule has 2 atom stereocenters. The van der Waals surface area contributed by atoms with Gasteiger partial charge in [-0.3, -0.25) is 0 Å². The van der Waals surface area contributed by atoms with Gasteiger partial charge in [-0.15, -0.1) is 0 Å². The van der Waals surface area contributed by atoms with Crippen LogP contribution in [0, 0.1) is 5.41 Å². The first-order valence-electron chi connectivity index (χ1n) is 8.12. The minimum Gasteiger partial charge on any atom is -0.465 e. The standard InChI is InChI=1S/C16H29NO5/c1-15(2,3)13-12(6-8-17(13)14(18)19)20-9-5-7-16(4)21-10-11-22-16/h12-13H,5-11H2,1-4H3,(H,18,19). The van der Waals surface area contributed by atoms with Gasteiger partial charge in [0.15, 0.2) is 5.79 Å². The highest BCUT2D eigenvalue weighted by Crippen LogP contribution is 2.35. The largest absolute Gasteiger partial charge is 0.465 e. The molecule has 6 nitrogen and oxygen atoms in total. The Bertz CT molecular complexity index is 386. The second-order valence-corrected chi connectivity index (χ2v) is 7.42. The SMILES string of the molecule is CC1(CCCOC2CCN(C(=O)O)C2C(C)(C)C)OCCO1. The van der Waals surface area contributed by atoms with E-state index in [9.17, 15) is 9.90 Å². The highest BCUT2D eigenvalue weighted by molar-refractivity contribution is 5.66. The van der Waals surface area contributed by atoms with Crippen LogP contribution in [0.5, 0.6) is 0 Å². The van der Waals surface area contributed by atoms with Crippen molar-refractivity contribution in [3.05, 3.63) is 0 Å². The maximum absolute atomic E-state index is 11.4. The van der Waals surface area contributed by atoms with Crippen LogP contribution < -0.4 is 0 Å². The molecule has 0 aromatic rings. The first-order valence-corrected chi connectivity index (χ1v) is 8.12. The fourth-order valence-corrected chi connectivity index (χ4v) is 3.51. The highest BCUT2D eigenvalue weighted by atomic mass is 16.7. The van der Waals surface area contributed by atoms with E-state index in [1.54, 1.807) is 0 Å². The van der Waals surface area contributed by atoms with Gasteiger partial charge in [-0.05, 0) is 25.2 Å². The number of nitrogens with zero attached hydrogens (tertiary/aromatic N) is 1. The van der Waals surface area contributed by atoms with Crippen molar-refractivity contribution in [2.24, 2.45) is 5.41 Å². The van der Waals surface area contributed by atoms with Gasteiger partial charge in [0.25, 0.3) is 0 Å². The third kappa shape index (κ3) is 4.12. The van der Waals surface area contributed by atoms with Crippen LogP contribution in [0.4, 0.5) is 4.79 Å². The summed E-state index contributed by atoms with van der Waals surface area (Å²) in [7, 11) is 0. The molecule has 128 valence electrons. The summed E-state index contributed by atoms with van der Waals surface area (Å²) in [5, 5.41) is 9.35. The van der Waals surface area contributed by atoms with Crippen LogP contribution in [-0.4, -0.2) is 60.4 Å². The molecule has 2 aliphatic heterocycles. The van der Waals surface area contributed by atoms with E-state index in [0.29, 0.717) is 26.4 Å². The van der Waals surface area contributed by atoms with E-state index in [4.69, 9.17) is 14.2 Å². The topological polar surface area (TPSA) is 68.2 Å². The normalized spacial score (nSPS) is 28.3. The summed E-state index contributed by atoms with van der Waals surface area (Å²) in [4.78, 5) is 12.9. The van der Waals surface area contributed by atoms with E-state index in [1.165, 1.54) is 4.90 Å². The summed E-state index contributed by atoms with van der Waals surface area (Å²) >= 11 is 0. The van der Waals surface area contributed by atoms with Crippen LogP contribution in [-0.2, 0) is 14.2 Å². The molecule has 2 saturated heterocycles. The quantitative estimate of drug-likeness (QED) is 0.790. The summed E-state index contributed by atoms with van der Waals surface area (Å²) in [5.41, 5.74) is -0.136. The van der Waals surface area contributed by atoms with Gasteiger partial charge in [-0.1, -0.05) is 20.8 Å². The van der Waals surface area contributed by atoms with Gasteiger partial charge in [-0.25, -0.2) is 4.79 Å². The zero-order chi connectivity index (χ0) is 16.4. The molecule has 0 aliphatic carbocycles. The smallest absolute Gasteiger partial charge is 0.407 e. The van der Waals surface area contributed by atoms with Crippen molar-refractivity contribution >= 4 is 6.09 Å². The van der Waals surface area contributed by atoms with Gasteiger partial charge in [0.2, 0.25) is 0 Å². The maximum Gasteiger partial charge on any atom is 0.407 e. The minimum atomic E-state index is -0.855. The van der Waals surface area contributed by atoms with Crippen molar-refractivity contribution in [1.29, 1.82) is 0 Å². The zero-order valence-electron chi connectivity index (χ0n) is 14.1. The monoisotopic (exact) mass is 315 g/mol. The molecule has 2 unspecified atom stereocenters. The predicted molar refractivity (Wildman–Crippen MR) is 81.9 cm³/mol. The van der Waals surface area contributed by atoms with Gasteiger partial charge in [0.05, 0.1) is 25.4 Å². The number of amides is 1. The lowest BCUT2D eigenvalue weighted by Gasteiger charge is -2.36. The fourth-order valence-electron chi connectivity index (χ4n) is 3.51. The minimum absolute atomic E-state index is 0.0330. The van der Waals surface area contributed by atoms with E-state index >= 15 is 0 Å². The van der Waals surface area contributed by atoms with Crippen molar-refractivity contribution in [3.8, 4) is 0 Å². The fraction of sp³-hybridized carbons (Fsp3) is 0.938. The third-order valence-electron chi connectivity index (χ3n) is 4.48. The molecule has 2 rings (SSSR count). The Morgan fingerprint density at radius 1 is 1.36 bits per heavy atom. The summed E-state index contributed by atoms with van der Waals surface area (Å²) in [6.07, 6.45) is 1.51. The van der Waals surface area contributed by atoms with Crippen LogP contribution in [0.1, 0.15) is 47.0 Å². The van der Waals surface area contributed by atoms with Gasteiger partial charge in [-0.2, -0.15) is 0 Å². The highest BCUT2D eigenvalue weighted by Gasteiger charge is 2.44. The molecule has 2 heterocycles. The number of hydrogen-bond donors (Lipinski definition) is 1. The summed E-state index contributed by atoms with van der Waals surface area (Å²) in [6.45, 7) is 10.6. The third-order valence-corrected chi connectivity index (χ3v) is 4.48. The molecule has 0 aromatic carbocycles. The van der Waals surface area contributed by atoms with Crippen LogP contribution in [0.25, 0.3) is 0 Å². The second kappa shape index (κ2) is 6.72. The van der Waals surface area contributed by atoms with Crippen LogP contribution in [0.15, 0.2) is 0 Å². The number of hydrogen-bond acceptors (Lipinski definition) is 4. The molecule has 1 N–H and O–H groups in total. The Labute approximate surface area is 132 Å². The average molecular weight is 315 g/mol. The predicted octanol–water partition coefficient (Wildman–Crippen LogP) is 2.71. The van der Waals surface area contributed by atoms with E-state index < -0.39 is 11.9 Å². The maximum atomic E-state index is 11.4. The van der Waals surface area contributed by atoms with Crippen molar-refractivity contribution in [2.75, 3.05) is 26.4 Å². The molecular formula is C16H29NO5. The molecule has 0 aromatic heterocycles. The van der Waals surface area contributed by atoms with Crippen LogP contribution >= 0.6 is 0 Å². The van der Waals surface area contributed by atoms with Crippen LogP contribution in [0.3, 0.4) is 0 Å². The van der Waals surface area contributed by atoms with E-state index in [0.717, 1.165) is 19.3 Å². The zero-order valence-corrected chi connectivity index (χ0v) is 14.1. The van der Waals surface area contributed by atoms with Gasteiger partial charge in [0.1, 0.15) is 0 Å². The Hall–Kier alpha value is -0.850. The van der Waals surface area contributed by atoms with Gasteiger partial charge in [0, 0.05) is 19.6 Å². The number of carbonyl (C=O) groups is 1. The van der Waals surface area contributed by atoms with E-state index in [2.05, 4.69) is 20.8 Å². The molecule has 0 spiro atoms. The Kier molecular flexibility index (Phi) is 5.35. The lowest BCUT2D eigenvalue weighted by atomic mass is 9.84. The lowest BCUT2D eigenvalue weighted by molar-refractivity contribution is -0.150. The lowest BCUT2D eigenvalue weighted by Crippen LogP contribution is -2.48. The average Bonchev–Trinajstić information content (AvgIpc) is 3.01. The molecular weight excluding hydrogens is 286 g/mol. The molecule has 2 fully saturated rings. The molecule has 0 saturated carbocycles. The van der Waals surface area contributed by atoms with Crippen molar-refractivity contribution in [2.45, 2.75) is 64.9 Å². The van der Waals surface area contributed by atoms with Gasteiger partial charge >= 0.3 is 6.09 Å². The van der Waals surface area contributed by atoms with Crippen molar-refractivity contribution in [3.63, 3.8) is 0 Å². The Balaban J connectivity index is 1.82. The van der Waals surface area contributed by atoms with E-state index in [-0.39, 0.29) is 17.6 Å². The molecule has 0 bridgehead atoms. The Morgan fingerprint density at radius 3 is 2.55 bits per heavy atom. The van der Waals surface area contributed by atoms with Crippen molar-refractivity contribution in [1.82, 2.24) is 4.90 Å². The second-order valence-electron chi connectivity index (χ2n) is 7.42. The number of likely N-dealkylation sites (tertiary alicyclic amines) is 1. The number of carboxylic acid groups (broad SMARTS) is 1. The first-order chi connectivity index (χ1) is 10.2. The first kappa shape index (κ1) is 17.5. The summed E-state index contributed by atoms with van der Waals surface area (Å²) < 4.78 is 17.2. The Morgan fingerprint density at radius 2 is 2.00 bits per heavy atom.